The molecule has 10 heteroatoms. The standard InChI is InChI=1S/C7H12N2O7S/c1-16-6(11)3-17(14,15)9-4(7(12)13)2-5(8)10/h4,9H,2-3H2,1H3,(H2,8,10)(H,12,13)/t4-/m0/s1. The molecule has 0 aliphatic heterocycles. The Morgan fingerprint density at radius 3 is 2.29 bits per heavy atom. The van der Waals surface area contributed by atoms with E-state index in [1.54, 1.807) is 4.72 Å². The summed E-state index contributed by atoms with van der Waals surface area (Å²) in [5, 5.41) is 8.63. The van der Waals surface area contributed by atoms with Gasteiger partial charge in [-0.3, -0.25) is 14.4 Å². The Labute approximate surface area is 97.0 Å². The lowest BCUT2D eigenvalue weighted by Crippen LogP contribution is -2.45. The first-order chi connectivity index (χ1) is 7.68. The second-order valence-corrected chi connectivity index (χ2v) is 4.77. The summed E-state index contributed by atoms with van der Waals surface area (Å²) in [4.78, 5) is 31.8. The van der Waals surface area contributed by atoms with Gasteiger partial charge in [0.05, 0.1) is 13.5 Å². The molecule has 0 aliphatic rings. The van der Waals surface area contributed by atoms with Crippen LogP contribution in [0.25, 0.3) is 0 Å². The van der Waals surface area contributed by atoms with Gasteiger partial charge < -0.3 is 15.6 Å². The molecule has 1 atom stereocenters. The van der Waals surface area contributed by atoms with E-state index in [0.717, 1.165) is 7.11 Å². The smallest absolute Gasteiger partial charge is 0.322 e. The number of primary amides is 1. The molecule has 0 rings (SSSR count). The van der Waals surface area contributed by atoms with E-state index in [1.165, 1.54) is 0 Å². The number of aliphatic carboxylic acids is 1. The zero-order valence-electron chi connectivity index (χ0n) is 8.87. The number of amides is 1. The molecule has 0 heterocycles. The molecule has 0 aromatic rings. The Morgan fingerprint density at radius 1 is 1.41 bits per heavy atom. The van der Waals surface area contributed by atoms with E-state index in [9.17, 15) is 22.8 Å². The number of nitrogens with two attached hydrogens (primary N) is 1. The maximum atomic E-state index is 11.3. The zero-order chi connectivity index (χ0) is 13.6. The molecule has 17 heavy (non-hydrogen) atoms. The third kappa shape index (κ3) is 6.48. The number of rotatable bonds is 7. The topological polar surface area (TPSA) is 153 Å². The van der Waals surface area contributed by atoms with Crippen molar-refractivity contribution in [3.63, 3.8) is 0 Å². The highest BCUT2D eigenvalue weighted by molar-refractivity contribution is 7.90. The van der Waals surface area contributed by atoms with Crippen LogP contribution in [0.3, 0.4) is 0 Å². The van der Waals surface area contributed by atoms with Crippen LogP contribution in [0.5, 0.6) is 0 Å². The number of ether oxygens (including phenoxy) is 1. The first-order valence-corrected chi connectivity index (χ1v) is 5.91. The molecule has 0 spiro atoms. The third-order valence-electron chi connectivity index (χ3n) is 1.56. The fourth-order valence-electron chi connectivity index (χ4n) is 0.853. The number of carboxylic acid groups (broad SMARTS) is 1. The molecular weight excluding hydrogens is 256 g/mol. The van der Waals surface area contributed by atoms with Crippen molar-refractivity contribution in [1.82, 2.24) is 4.72 Å². The van der Waals surface area contributed by atoms with Crippen molar-refractivity contribution in [2.24, 2.45) is 5.73 Å². The summed E-state index contributed by atoms with van der Waals surface area (Å²) in [5.41, 5.74) is 4.75. The zero-order valence-corrected chi connectivity index (χ0v) is 9.69. The summed E-state index contributed by atoms with van der Waals surface area (Å²) < 4.78 is 28.3. The van der Waals surface area contributed by atoms with Crippen LogP contribution in [0.1, 0.15) is 6.42 Å². The molecule has 0 unspecified atom stereocenters. The van der Waals surface area contributed by atoms with Crippen LogP contribution in [0.4, 0.5) is 0 Å². The summed E-state index contributed by atoms with van der Waals surface area (Å²) in [7, 11) is -3.21. The predicted octanol–water partition coefficient (Wildman–Crippen LogP) is -2.59. The molecule has 0 radical (unpaired) electrons. The van der Waals surface area contributed by atoms with Gasteiger partial charge in [0.2, 0.25) is 15.9 Å². The Kier molecular flexibility index (Phi) is 5.55. The van der Waals surface area contributed by atoms with Gasteiger partial charge in [0.1, 0.15) is 6.04 Å². The van der Waals surface area contributed by atoms with Crippen molar-refractivity contribution in [3.8, 4) is 0 Å². The van der Waals surface area contributed by atoms with E-state index in [1.807, 2.05) is 0 Å². The van der Waals surface area contributed by atoms with Crippen molar-refractivity contribution in [1.29, 1.82) is 0 Å². The SMILES string of the molecule is COC(=O)CS(=O)(=O)N[C@@H](CC(N)=O)C(=O)O. The lowest BCUT2D eigenvalue weighted by Gasteiger charge is -2.12. The number of hydrogen-bond acceptors (Lipinski definition) is 6. The van der Waals surface area contributed by atoms with E-state index in [2.05, 4.69) is 4.74 Å². The first-order valence-electron chi connectivity index (χ1n) is 4.26. The Morgan fingerprint density at radius 2 is 1.94 bits per heavy atom. The lowest BCUT2D eigenvalue weighted by atomic mass is 10.2. The van der Waals surface area contributed by atoms with Gasteiger partial charge in [-0.2, -0.15) is 4.72 Å². The van der Waals surface area contributed by atoms with Crippen molar-refractivity contribution in [2.45, 2.75) is 12.5 Å². The largest absolute Gasteiger partial charge is 0.480 e. The van der Waals surface area contributed by atoms with Crippen LogP contribution in [0.2, 0.25) is 0 Å². The Balaban J connectivity index is 4.70. The minimum Gasteiger partial charge on any atom is -0.480 e. The molecule has 1 amide bonds. The van der Waals surface area contributed by atoms with Gasteiger partial charge >= 0.3 is 11.9 Å². The quantitative estimate of drug-likeness (QED) is 0.428. The normalized spacial score (nSPS) is 12.8. The molecule has 0 saturated heterocycles. The molecule has 4 N–H and O–H groups in total. The molecule has 0 bridgehead atoms. The van der Waals surface area contributed by atoms with Crippen LogP contribution in [0.15, 0.2) is 0 Å². The maximum Gasteiger partial charge on any atom is 0.322 e. The number of sulfonamides is 1. The number of hydrogen-bond donors (Lipinski definition) is 3. The van der Waals surface area contributed by atoms with Crippen LogP contribution in [-0.4, -0.2) is 50.3 Å². The van der Waals surface area contributed by atoms with Crippen LogP contribution in [0, 0.1) is 0 Å². The van der Waals surface area contributed by atoms with Gasteiger partial charge in [-0.15, -0.1) is 0 Å². The van der Waals surface area contributed by atoms with Crippen LogP contribution in [-0.2, 0) is 29.1 Å². The van der Waals surface area contributed by atoms with Gasteiger partial charge in [0.25, 0.3) is 0 Å². The van der Waals surface area contributed by atoms with E-state index in [4.69, 9.17) is 10.8 Å². The van der Waals surface area contributed by atoms with Crippen molar-refractivity contribution < 1.29 is 32.6 Å². The number of carbonyl (C=O) groups excluding carboxylic acids is 2. The van der Waals surface area contributed by atoms with Crippen molar-refractivity contribution in [2.75, 3.05) is 12.9 Å². The molecule has 0 aromatic heterocycles. The minimum absolute atomic E-state index is 0.713. The van der Waals surface area contributed by atoms with Gasteiger partial charge in [0, 0.05) is 0 Å². The fourth-order valence-corrected chi connectivity index (χ4v) is 1.98. The maximum absolute atomic E-state index is 11.3. The second-order valence-electron chi connectivity index (χ2n) is 3.01. The molecule has 98 valence electrons. The summed E-state index contributed by atoms with van der Waals surface area (Å²) in [5.74, 6) is -4.65. The molecular formula is C7H12N2O7S. The van der Waals surface area contributed by atoms with E-state index in [-0.39, 0.29) is 0 Å². The fraction of sp³-hybridized carbons (Fsp3) is 0.571. The summed E-state index contributed by atoms with van der Waals surface area (Å²) >= 11 is 0. The second kappa shape index (κ2) is 6.15. The molecule has 0 fully saturated rings. The first kappa shape index (κ1) is 15.3. The molecule has 0 aliphatic carbocycles. The average molecular weight is 268 g/mol. The van der Waals surface area contributed by atoms with E-state index >= 15 is 0 Å². The predicted molar refractivity (Wildman–Crippen MR) is 54.2 cm³/mol. The monoisotopic (exact) mass is 268 g/mol. The third-order valence-corrected chi connectivity index (χ3v) is 2.82. The number of nitrogens with one attached hydrogen (secondary N) is 1. The molecule has 0 aromatic carbocycles. The highest BCUT2D eigenvalue weighted by Gasteiger charge is 2.27. The summed E-state index contributed by atoms with van der Waals surface area (Å²) in [6.07, 6.45) is -0.713. The number of carboxylic acids is 1. The van der Waals surface area contributed by atoms with Gasteiger partial charge in [-0.25, -0.2) is 8.42 Å². The summed E-state index contributed by atoms with van der Waals surface area (Å²) in [6, 6.07) is -1.71. The number of esters is 1. The Hall–Kier alpha value is -1.68. The highest BCUT2D eigenvalue weighted by Crippen LogP contribution is 1.97. The molecule has 0 saturated carbocycles. The van der Waals surface area contributed by atoms with Gasteiger partial charge in [-0.05, 0) is 0 Å². The Bertz CT molecular complexity index is 416. The number of carbonyl (C=O) groups is 3. The number of methoxy groups -OCH3 is 1. The lowest BCUT2D eigenvalue weighted by molar-refractivity contribution is -0.141. The van der Waals surface area contributed by atoms with Gasteiger partial charge in [0.15, 0.2) is 5.75 Å². The van der Waals surface area contributed by atoms with Crippen LogP contribution < -0.4 is 10.5 Å². The summed E-state index contributed by atoms with van der Waals surface area (Å²) in [6.45, 7) is 0. The van der Waals surface area contributed by atoms with Crippen molar-refractivity contribution in [3.05, 3.63) is 0 Å². The highest BCUT2D eigenvalue weighted by atomic mass is 32.2. The average Bonchev–Trinajstić information content (AvgIpc) is 2.14. The van der Waals surface area contributed by atoms with E-state index < -0.39 is 46.1 Å². The van der Waals surface area contributed by atoms with E-state index in [0.29, 0.717) is 0 Å². The molecule has 9 nitrogen and oxygen atoms in total. The van der Waals surface area contributed by atoms with Crippen molar-refractivity contribution >= 4 is 27.9 Å². The minimum atomic E-state index is -4.20. The van der Waals surface area contributed by atoms with Gasteiger partial charge in [-0.1, -0.05) is 0 Å². The van der Waals surface area contributed by atoms with Crippen LogP contribution >= 0.6 is 0 Å².